The predicted octanol–water partition coefficient (Wildman–Crippen LogP) is 4.79. The fraction of sp³-hybridized carbons (Fsp3) is 0.172. The third-order valence-corrected chi connectivity index (χ3v) is 7.08. The molecule has 6 nitrogen and oxygen atoms in total. The van der Waals surface area contributed by atoms with Gasteiger partial charge in [-0.05, 0) is 37.1 Å². The molecule has 6 rings (SSSR count). The van der Waals surface area contributed by atoms with E-state index in [1.54, 1.807) is 11.6 Å². The Hall–Kier alpha value is -4.32. The van der Waals surface area contributed by atoms with E-state index in [4.69, 9.17) is 4.74 Å². The summed E-state index contributed by atoms with van der Waals surface area (Å²) in [5.41, 5.74) is 6.37. The van der Waals surface area contributed by atoms with Gasteiger partial charge in [-0.3, -0.25) is 13.9 Å². The Bertz CT molecular complexity index is 1770. The largest absolute Gasteiger partial charge is 0.477 e. The minimum atomic E-state index is -0.496. The molecule has 1 aliphatic rings. The fourth-order valence-corrected chi connectivity index (χ4v) is 5.30. The normalized spacial score (nSPS) is 14.5. The van der Waals surface area contributed by atoms with Crippen LogP contribution in [0.4, 0.5) is 0 Å². The van der Waals surface area contributed by atoms with Crippen LogP contribution in [0.25, 0.3) is 27.8 Å². The molecular formula is C29H25N3O3. The molecule has 0 fully saturated rings. The lowest BCUT2D eigenvalue weighted by atomic mass is 9.99. The Labute approximate surface area is 202 Å². The summed E-state index contributed by atoms with van der Waals surface area (Å²) in [5, 5.41) is 0.512. The predicted molar refractivity (Wildman–Crippen MR) is 138 cm³/mol. The molecule has 174 valence electrons. The Morgan fingerprint density at radius 3 is 2.17 bits per heavy atom. The number of fused-ring (bicyclic) bond motifs is 5. The lowest BCUT2D eigenvalue weighted by Crippen LogP contribution is -2.37. The van der Waals surface area contributed by atoms with E-state index in [0.717, 1.165) is 45.1 Å². The van der Waals surface area contributed by atoms with Gasteiger partial charge < -0.3 is 9.30 Å². The summed E-state index contributed by atoms with van der Waals surface area (Å²) in [6.45, 7) is 4.09. The van der Waals surface area contributed by atoms with E-state index in [2.05, 4.69) is 17.6 Å². The topological polar surface area (TPSA) is 58.2 Å². The third kappa shape index (κ3) is 2.89. The summed E-state index contributed by atoms with van der Waals surface area (Å²) >= 11 is 0. The number of aromatic nitrogens is 3. The SMILES string of the molecule is Cc1ccccc1-c1c2c(=O)n(C)c(=O)n(C)c2c2n1-c1ccccc1O[C@H]2c1ccccc1C. The van der Waals surface area contributed by atoms with Crippen LogP contribution in [0, 0.1) is 13.8 Å². The maximum atomic E-state index is 13.7. The van der Waals surface area contributed by atoms with Gasteiger partial charge in [0.05, 0.1) is 28.0 Å². The minimum absolute atomic E-state index is 0.315. The molecular weight excluding hydrogens is 438 g/mol. The quantitative estimate of drug-likeness (QED) is 0.378. The van der Waals surface area contributed by atoms with Gasteiger partial charge in [0.25, 0.3) is 5.56 Å². The first kappa shape index (κ1) is 21.2. The number of aryl methyl sites for hydroxylation is 3. The third-order valence-electron chi connectivity index (χ3n) is 7.08. The fourth-order valence-electron chi connectivity index (χ4n) is 5.30. The van der Waals surface area contributed by atoms with E-state index in [9.17, 15) is 9.59 Å². The number of ether oxygens (including phenoxy) is 1. The molecule has 0 N–H and O–H groups in total. The molecule has 3 aromatic carbocycles. The van der Waals surface area contributed by atoms with E-state index >= 15 is 0 Å². The van der Waals surface area contributed by atoms with Gasteiger partial charge in [-0.2, -0.15) is 0 Å². The molecule has 0 bridgehead atoms. The van der Waals surface area contributed by atoms with Gasteiger partial charge in [-0.15, -0.1) is 0 Å². The van der Waals surface area contributed by atoms with Crippen molar-refractivity contribution >= 4 is 10.9 Å². The van der Waals surface area contributed by atoms with Crippen LogP contribution < -0.4 is 16.0 Å². The van der Waals surface area contributed by atoms with Crippen molar-refractivity contribution in [1.29, 1.82) is 0 Å². The van der Waals surface area contributed by atoms with Crippen LogP contribution in [0.5, 0.6) is 5.75 Å². The van der Waals surface area contributed by atoms with E-state index in [0.29, 0.717) is 10.9 Å². The molecule has 1 aliphatic heterocycles. The first-order valence-electron chi connectivity index (χ1n) is 11.6. The summed E-state index contributed by atoms with van der Waals surface area (Å²) in [5.74, 6) is 0.727. The zero-order valence-electron chi connectivity index (χ0n) is 20.1. The summed E-state index contributed by atoms with van der Waals surface area (Å²) in [7, 11) is 3.26. The van der Waals surface area contributed by atoms with Crippen LogP contribution in [0.15, 0.2) is 82.4 Å². The Kier molecular flexibility index (Phi) is 4.61. The van der Waals surface area contributed by atoms with Gasteiger partial charge in [0, 0.05) is 25.2 Å². The number of nitrogens with zero attached hydrogens (tertiary/aromatic N) is 3. The molecule has 1 atom stereocenters. The Morgan fingerprint density at radius 2 is 1.43 bits per heavy atom. The standard InChI is InChI=1S/C29H25N3O3/c1-17-11-5-7-13-19(17)24-23-25(30(3)29(34)31(4)28(23)33)26-27(20-14-8-6-12-18(20)2)35-22-16-10-9-15-21(22)32(24)26/h5-16,27H,1-4H3/t27-/m0/s1. The van der Waals surface area contributed by atoms with Crippen LogP contribution in [0.3, 0.4) is 0 Å². The highest BCUT2D eigenvalue weighted by Gasteiger charge is 2.36. The second-order valence-electron chi connectivity index (χ2n) is 9.14. The smallest absolute Gasteiger partial charge is 0.331 e. The maximum absolute atomic E-state index is 13.7. The highest BCUT2D eigenvalue weighted by molar-refractivity contribution is 5.98. The van der Waals surface area contributed by atoms with Gasteiger partial charge >= 0.3 is 5.69 Å². The van der Waals surface area contributed by atoms with Crippen LogP contribution in [0.2, 0.25) is 0 Å². The number of benzene rings is 3. The molecule has 35 heavy (non-hydrogen) atoms. The average molecular weight is 464 g/mol. The number of para-hydroxylation sites is 2. The average Bonchev–Trinajstić information content (AvgIpc) is 3.23. The van der Waals surface area contributed by atoms with E-state index in [1.165, 1.54) is 11.6 Å². The summed E-state index contributed by atoms with van der Waals surface area (Å²) in [6.07, 6.45) is -0.496. The lowest BCUT2D eigenvalue weighted by Gasteiger charge is -2.31. The summed E-state index contributed by atoms with van der Waals surface area (Å²) in [4.78, 5) is 26.9. The van der Waals surface area contributed by atoms with E-state index < -0.39 is 6.10 Å². The molecule has 0 aliphatic carbocycles. The first-order chi connectivity index (χ1) is 16.9. The summed E-state index contributed by atoms with van der Waals surface area (Å²) in [6, 6.07) is 24.0. The molecule has 6 heteroatoms. The van der Waals surface area contributed by atoms with E-state index in [1.807, 2.05) is 73.7 Å². The van der Waals surface area contributed by atoms with Crippen molar-refractivity contribution in [2.24, 2.45) is 14.1 Å². The molecule has 0 spiro atoms. The molecule has 0 radical (unpaired) electrons. The monoisotopic (exact) mass is 463 g/mol. The molecule has 0 amide bonds. The van der Waals surface area contributed by atoms with Gasteiger partial charge in [0.15, 0.2) is 6.10 Å². The Balaban J connectivity index is 1.90. The van der Waals surface area contributed by atoms with Crippen LogP contribution in [-0.2, 0) is 14.1 Å². The van der Waals surface area contributed by atoms with Gasteiger partial charge in [-0.1, -0.05) is 60.7 Å². The van der Waals surface area contributed by atoms with Crippen molar-refractivity contribution < 1.29 is 4.74 Å². The van der Waals surface area contributed by atoms with E-state index in [-0.39, 0.29) is 11.2 Å². The van der Waals surface area contributed by atoms with Crippen LogP contribution in [0.1, 0.15) is 28.5 Å². The number of hydrogen-bond acceptors (Lipinski definition) is 3. The molecule has 0 saturated carbocycles. The van der Waals surface area contributed by atoms with Crippen molar-refractivity contribution in [3.05, 3.63) is 116 Å². The highest BCUT2D eigenvalue weighted by atomic mass is 16.5. The summed E-state index contributed by atoms with van der Waals surface area (Å²) < 4.78 is 11.5. The van der Waals surface area contributed by atoms with Crippen LogP contribution in [-0.4, -0.2) is 13.7 Å². The lowest BCUT2D eigenvalue weighted by molar-refractivity contribution is 0.228. The van der Waals surface area contributed by atoms with Crippen molar-refractivity contribution in [1.82, 2.24) is 13.7 Å². The molecule has 2 aromatic heterocycles. The van der Waals surface area contributed by atoms with Gasteiger partial charge in [0.2, 0.25) is 0 Å². The maximum Gasteiger partial charge on any atom is 0.331 e. The number of hydrogen-bond donors (Lipinski definition) is 0. The molecule has 5 aromatic rings. The van der Waals surface area contributed by atoms with Gasteiger partial charge in [0.1, 0.15) is 5.75 Å². The zero-order valence-corrected chi connectivity index (χ0v) is 20.1. The second-order valence-corrected chi connectivity index (χ2v) is 9.14. The van der Waals surface area contributed by atoms with Gasteiger partial charge in [-0.25, -0.2) is 4.79 Å². The Morgan fingerprint density at radius 1 is 0.771 bits per heavy atom. The first-order valence-corrected chi connectivity index (χ1v) is 11.6. The number of rotatable bonds is 2. The minimum Gasteiger partial charge on any atom is -0.477 e. The highest BCUT2D eigenvalue weighted by Crippen LogP contribution is 2.47. The molecule has 0 unspecified atom stereocenters. The molecule has 3 heterocycles. The molecule has 0 saturated heterocycles. The van der Waals surface area contributed by atoms with Crippen molar-refractivity contribution in [3.8, 4) is 22.7 Å². The zero-order chi connectivity index (χ0) is 24.4. The second kappa shape index (κ2) is 7.60. The van der Waals surface area contributed by atoms with Crippen molar-refractivity contribution in [2.45, 2.75) is 20.0 Å². The van der Waals surface area contributed by atoms with Crippen molar-refractivity contribution in [2.75, 3.05) is 0 Å². The van der Waals surface area contributed by atoms with Crippen LogP contribution >= 0.6 is 0 Å². The van der Waals surface area contributed by atoms with Crippen molar-refractivity contribution in [3.63, 3.8) is 0 Å².